The molecule has 0 aliphatic heterocycles. The monoisotopic (exact) mass is 442 g/mol. The molecule has 0 bridgehead atoms. The Bertz CT molecular complexity index is 1160. The minimum Gasteiger partial charge on any atom is -0.497 e. The Hall–Kier alpha value is -3.86. The number of hydrogen-bond acceptors (Lipinski definition) is 8. The summed E-state index contributed by atoms with van der Waals surface area (Å²) in [5.41, 5.74) is 0.553. The maximum absolute atomic E-state index is 12.3. The molecule has 3 rings (SSSR count). The van der Waals surface area contributed by atoms with Crippen LogP contribution in [0.15, 0.2) is 58.5 Å². The van der Waals surface area contributed by atoms with E-state index in [-0.39, 0.29) is 27.8 Å². The predicted octanol–water partition coefficient (Wildman–Crippen LogP) is 3.09. The number of nitrogens with one attached hydrogen (secondary N) is 2. The summed E-state index contributed by atoms with van der Waals surface area (Å²) >= 11 is 1.00. The minimum absolute atomic E-state index is 0.0461. The number of amides is 1. The number of H-pyrrole nitrogens is 1. The van der Waals surface area contributed by atoms with Gasteiger partial charge in [0.05, 0.1) is 36.7 Å². The number of anilines is 1. The molecule has 11 heteroatoms. The van der Waals surface area contributed by atoms with Gasteiger partial charge in [-0.15, -0.1) is 0 Å². The van der Waals surface area contributed by atoms with E-state index in [9.17, 15) is 19.7 Å². The van der Waals surface area contributed by atoms with E-state index in [1.165, 1.54) is 31.4 Å². The number of benzene rings is 2. The average molecular weight is 442 g/mol. The fourth-order valence-corrected chi connectivity index (χ4v) is 3.30. The molecule has 0 saturated heterocycles. The molecule has 3 aromatic rings. The number of methoxy groups -OCH3 is 2. The van der Waals surface area contributed by atoms with Crippen LogP contribution >= 0.6 is 11.8 Å². The molecule has 1 amide bonds. The van der Waals surface area contributed by atoms with Crippen LogP contribution in [0.5, 0.6) is 11.5 Å². The highest BCUT2D eigenvalue weighted by Gasteiger charge is 2.17. The summed E-state index contributed by atoms with van der Waals surface area (Å²) in [7, 11) is 2.95. The van der Waals surface area contributed by atoms with Crippen LogP contribution in [0.4, 0.5) is 11.4 Å². The number of aromatic nitrogens is 2. The average Bonchev–Trinajstić information content (AvgIpc) is 2.77. The topological polar surface area (TPSA) is 136 Å². The molecule has 0 spiro atoms. The van der Waals surface area contributed by atoms with Gasteiger partial charge in [-0.3, -0.25) is 19.7 Å². The van der Waals surface area contributed by atoms with Crippen LogP contribution in [0, 0.1) is 10.1 Å². The van der Waals surface area contributed by atoms with Crippen molar-refractivity contribution in [3.63, 3.8) is 0 Å². The molecule has 160 valence electrons. The lowest BCUT2D eigenvalue weighted by Crippen LogP contribution is -2.16. The molecule has 2 aromatic carbocycles. The molecular weight excluding hydrogens is 424 g/mol. The third kappa shape index (κ3) is 5.60. The van der Waals surface area contributed by atoms with Crippen molar-refractivity contribution in [2.45, 2.75) is 5.16 Å². The van der Waals surface area contributed by atoms with Gasteiger partial charge in [0.1, 0.15) is 17.2 Å². The molecule has 0 radical (unpaired) electrons. The zero-order valence-electron chi connectivity index (χ0n) is 16.6. The second kappa shape index (κ2) is 9.76. The van der Waals surface area contributed by atoms with E-state index in [1.807, 2.05) is 0 Å². The Morgan fingerprint density at radius 2 is 1.81 bits per heavy atom. The van der Waals surface area contributed by atoms with E-state index in [4.69, 9.17) is 9.47 Å². The van der Waals surface area contributed by atoms with E-state index in [0.29, 0.717) is 22.8 Å². The van der Waals surface area contributed by atoms with Crippen molar-refractivity contribution >= 4 is 29.0 Å². The Balaban J connectivity index is 1.71. The zero-order chi connectivity index (χ0) is 22.4. The van der Waals surface area contributed by atoms with Crippen LogP contribution in [0.1, 0.15) is 0 Å². The fraction of sp³-hybridized carbons (Fsp3) is 0.150. The number of rotatable bonds is 8. The minimum atomic E-state index is -0.608. The zero-order valence-corrected chi connectivity index (χ0v) is 17.4. The Labute approximate surface area is 180 Å². The second-order valence-electron chi connectivity index (χ2n) is 6.14. The van der Waals surface area contributed by atoms with Gasteiger partial charge >= 0.3 is 0 Å². The molecule has 0 aliphatic rings. The normalized spacial score (nSPS) is 10.4. The van der Waals surface area contributed by atoms with Crippen molar-refractivity contribution < 1.29 is 19.2 Å². The maximum atomic E-state index is 12.3. The lowest BCUT2D eigenvalue weighted by atomic mass is 10.1. The number of aromatic amines is 1. The number of nitro benzene ring substituents is 1. The third-order valence-corrected chi connectivity index (χ3v) is 4.99. The van der Waals surface area contributed by atoms with E-state index in [2.05, 4.69) is 15.3 Å². The smallest absolute Gasteiger partial charge is 0.296 e. The largest absolute Gasteiger partial charge is 0.497 e. The summed E-state index contributed by atoms with van der Waals surface area (Å²) in [5, 5.41) is 14.0. The predicted molar refractivity (Wildman–Crippen MR) is 116 cm³/mol. The fourth-order valence-electron chi connectivity index (χ4n) is 2.63. The lowest BCUT2D eigenvalue weighted by Gasteiger charge is -2.08. The summed E-state index contributed by atoms with van der Waals surface area (Å²) in [5.74, 6) is 0.373. The lowest BCUT2D eigenvalue weighted by molar-refractivity contribution is -0.384. The highest BCUT2D eigenvalue weighted by molar-refractivity contribution is 7.99. The summed E-state index contributed by atoms with van der Waals surface area (Å²) in [6.07, 6.45) is 0. The van der Waals surface area contributed by atoms with Crippen molar-refractivity contribution in [2.75, 3.05) is 25.3 Å². The number of carbonyl (C=O) groups is 1. The molecule has 0 saturated carbocycles. The van der Waals surface area contributed by atoms with Gasteiger partial charge in [-0.2, -0.15) is 0 Å². The van der Waals surface area contributed by atoms with E-state index in [0.717, 1.165) is 11.8 Å². The van der Waals surface area contributed by atoms with Gasteiger partial charge in [0, 0.05) is 11.6 Å². The van der Waals surface area contributed by atoms with Crippen LogP contribution in [0.25, 0.3) is 11.3 Å². The quantitative estimate of drug-likeness (QED) is 0.235. The van der Waals surface area contributed by atoms with Crippen molar-refractivity contribution in [1.82, 2.24) is 9.97 Å². The van der Waals surface area contributed by atoms with Crippen molar-refractivity contribution in [3.05, 3.63) is 69.0 Å². The van der Waals surface area contributed by atoms with Crippen molar-refractivity contribution in [1.29, 1.82) is 0 Å². The molecule has 10 nitrogen and oxygen atoms in total. The summed E-state index contributed by atoms with van der Waals surface area (Å²) in [6, 6.07) is 12.5. The van der Waals surface area contributed by atoms with Crippen LogP contribution in [0.2, 0.25) is 0 Å². The first-order chi connectivity index (χ1) is 14.9. The Morgan fingerprint density at radius 1 is 1.13 bits per heavy atom. The SMILES string of the molecule is COc1ccc(-c2cc(=O)[nH]c(SCC(=O)Nc3ccc(OC)cc3[N+](=O)[O-])n2)cc1. The molecule has 0 atom stereocenters. The van der Waals surface area contributed by atoms with Crippen LogP contribution in [0.3, 0.4) is 0 Å². The first-order valence-electron chi connectivity index (χ1n) is 8.90. The second-order valence-corrected chi connectivity index (χ2v) is 7.11. The number of carbonyl (C=O) groups excluding carboxylic acids is 1. The van der Waals surface area contributed by atoms with E-state index < -0.39 is 10.8 Å². The maximum Gasteiger partial charge on any atom is 0.296 e. The molecule has 1 heterocycles. The van der Waals surface area contributed by atoms with Gasteiger partial charge in [0.25, 0.3) is 11.2 Å². The molecule has 0 aliphatic carbocycles. The first kappa shape index (κ1) is 21.8. The molecular formula is C20H18N4O6S. The summed E-state index contributed by atoms with van der Waals surface area (Å²) < 4.78 is 10.1. The highest BCUT2D eigenvalue weighted by Crippen LogP contribution is 2.29. The van der Waals surface area contributed by atoms with Gasteiger partial charge < -0.3 is 19.8 Å². The Kier molecular flexibility index (Phi) is 6.88. The molecule has 0 fully saturated rings. The standard InChI is InChI=1S/C20H18N4O6S/c1-29-13-5-3-12(4-6-13)16-10-18(25)23-20(22-16)31-11-19(26)21-15-8-7-14(30-2)9-17(15)24(27)28/h3-10H,11H2,1-2H3,(H,21,26)(H,22,23,25). The number of ether oxygens (including phenoxy) is 2. The van der Waals surface area contributed by atoms with Crippen molar-refractivity contribution in [2.24, 2.45) is 0 Å². The number of nitrogens with zero attached hydrogens (tertiary/aromatic N) is 2. The molecule has 1 aromatic heterocycles. The Morgan fingerprint density at radius 3 is 2.45 bits per heavy atom. The number of nitro groups is 1. The van der Waals surface area contributed by atoms with Crippen molar-refractivity contribution in [3.8, 4) is 22.8 Å². The highest BCUT2D eigenvalue weighted by atomic mass is 32.2. The van der Waals surface area contributed by atoms with Gasteiger partial charge in [-0.1, -0.05) is 11.8 Å². The summed E-state index contributed by atoms with van der Waals surface area (Å²) in [6.45, 7) is 0. The first-order valence-corrected chi connectivity index (χ1v) is 9.89. The van der Waals surface area contributed by atoms with Gasteiger partial charge in [-0.25, -0.2) is 4.98 Å². The molecule has 0 unspecified atom stereocenters. The number of thioether (sulfide) groups is 1. The van der Waals surface area contributed by atoms with Crippen LogP contribution in [-0.4, -0.2) is 40.8 Å². The van der Waals surface area contributed by atoms with Crippen LogP contribution < -0.4 is 20.3 Å². The van der Waals surface area contributed by atoms with E-state index >= 15 is 0 Å². The van der Waals surface area contributed by atoms with Gasteiger partial charge in [-0.05, 0) is 36.4 Å². The van der Waals surface area contributed by atoms with Crippen LogP contribution in [-0.2, 0) is 4.79 Å². The van der Waals surface area contributed by atoms with Gasteiger partial charge in [0.2, 0.25) is 5.91 Å². The molecule has 2 N–H and O–H groups in total. The summed E-state index contributed by atoms with van der Waals surface area (Å²) in [4.78, 5) is 41.9. The molecule has 31 heavy (non-hydrogen) atoms. The van der Waals surface area contributed by atoms with Gasteiger partial charge in [0.15, 0.2) is 5.16 Å². The van der Waals surface area contributed by atoms with E-state index in [1.54, 1.807) is 31.4 Å². The number of hydrogen-bond donors (Lipinski definition) is 2. The third-order valence-electron chi connectivity index (χ3n) is 4.12.